The predicted octanol–water partition coefficient (Wildman–Crippen LogP) is 2.99. The van der Waals surface area contributed by atoms with Gasteiger partial charge in [-0.05, 0) is 36.6 Å². The van der Waals surface area contributed by atoms with E-state index in [4.69, 9.17) is 5.11 Å². The van der Waals surface area contributed by atoms with Crippen LogP contribution in [0.2, 0.25) is 0 Å². The summed E-state index contributed by atoms with van der Waals surface area (Å²) in [7, 11) is 0. The van der Waals surface area contributed by atoms with E-state index >= 15 is 0 Å². The standard InChI is InChI=1S/C14H18BrNO3/c1-3-10(7-13(17)18)8-16-14(19)12-5-4-11(15)6-9(12)2/h4-6,10H,3,7-8H2,1-2H3,(H,16,19)(H,17,18). The van der Waals surface area contributed by atoms with Gasteiger partial charge in [-0.15, -0.1) is 0 Å². The minimum absolute atomic E-state index is 0.0304. The largest absolute Gasteiger partial charge is 0.481 e. The SMILES string of the molecule is CCC(CNC(=O)c1ccc(Br)cc1C)CC(=O)O. The van der Waals surface area contributed by atoms with Gasteiger partial charge in [0, 0.05) is 23.0 Å². The fraction of sp³-hybridized carbons (Fsp3) is 0.429. The number of nitrogens with one attached hydrogen (secondary N) is 1. The summed E-state index contributed by atoms with van der Waals surface area (Å²) in [4.78, 5) is 22.7. The van der Waals surface area contributed by atoms with Crippen LogP contribution in [-0.2, 0) is 4.79 Å². The second kappa shape index (κ2) is 7.28. The van der Waals surface area contributed by atoms with Crippen LogP contribution in [0.3, 0.4) is 0 Å². The summed E-state index contributed by atoms with van der Waals surface area (Å²) < 4.78 is 0.930. The lowest BCUT2D eigenvalue weighted by molar-refractivity contribution is -0.138. The van der Waals surface area contributed by atoms with Crippen LogP contribution in [0.25, 0.3) is 0 Å². The molecule has 0 aliphatic rings. The van der Waals surface area contributed by atoms with Crippen molar-refractivity contribution < 1.29 is 14.7 Å². The highest BCUT2D eigenvalue weighted by molar-refractivity contribution is 9.10. The third-order valence-corrected chi connectivity index (χ3v) is 3.52. The van der Waals surface area contributed by atoms with Crippen LogP contribution >= 0.6 is 15.9 Å². The molecule has 0 radical (unpaired) electrons. The highest BCUT2D eigenvalue weighted by Crippen LogP contribution is 2.16. The van der Waals surface area contributed by atoms with Crippen molar-refractivity contribution in [2.24, 2.45) is 5.92 Å². The van der Waals surface area contributed by atoms with Gasteiger partial charge in [-0.1, -0.05) is 29.3 Å². The Kier molecular flexibility index (Phi) is 6.02. The van der Waals surface area contributed by atoms with Gasteiger partial charge in [-0.25, -0.2) is 0 Å². The maximum absolute atomic E-state index is 12.0. The van der Waals surface area contributed by atoms with E-state index < -0.39 is 5.97 Å². The van der Waals surface area contributed by atoms with Gasteiger partial charge in [0.1, 0.15) is 0 Å². The van der Waals surface area contributed by atoms with Crippen LogP contribution in [-0.4, -0.2) is 23.5 Å². The number of amides is 1. The summed E-state index contributed by atoms with van der Waals surface area (Å²) in [5, 5.41) is 11.6. The van der Waals surface area contributed by atoms with E-state index in [-0.39, 0.29) is 18.2 Å². The minimum atomic E-state index is -0.832. The molecule has 19 heavy (non-hydrogen) atoms. The van der Waals surface area contributed by atoms with E-state index in [1.807, 2.05) is 26.0 Å². The number of halogens is 1. The van der Waals surface area contributed by atoms with Gasteiger partial charge in [0.25, 0.3) is 5.91 Å². The molecule has 0 fully saturated rings. The molecule has 104 valence electrons. The van der Waals surface area contributed by atoms with Crippen LogP contribution in [0.4, 0.5) is 0 Å². The molecule has 2 N–H and O–H groups in total. The maximum atomic E-state index is 12.0. The molecule has 0 aliphatic heterocycles. The summed E-state index contributed by atoms with van der Waals surface area (Å²) >= 11 is 3.35. The first-order valence-electron chi connectivity index (χ1n) is 6.20. The van der Waals surface area contributed by atoms with Crippen LogP contribution in [0.15, 0.2) is 22.7 Å². The fourth-order valence-corrected chi connectivity index (χ4v) is 2.30. The zero-order valence-electron chi connectivity index (χ0n) is 11.1. The number of hydrogen-bond acceptors (Lipinski definition) is 2. The number of carboxylic acid groups (broad SMARTS) is 1. The molecule has 0 heterocycles. The first-order valence-corrected chi connectivity index (χ1v) is 6.99. The summed E-state index contributed by atoms with van der Waals surface area (Å²) in [6.45, 7) is 4.18. The van der Waals surface area contributed by atoms with Gasteiger partial charge in [0.15, 0.2) is 0 Å². The highest BCUT2D eigenvalue weighted by Gasteiger charge is 2.14. The molecule has 4 nitrogen and oxygen atoms in total. The van der Waals surface area contributed by atoms with Crippen molar-refractivity contribution in [1.29, 1.82) is 0 Å². The quantitative estimate of drug-likeness (QED) is 0.844. The van der Waals surface area contributed by atoms with Gasteiger partial charge in [0.05, 0.1) is 0 Å². The van der Waals surface area contributed by atoms with Gasteiger partial charge >= 0.3 is 5.97 Å². The lowest BCUT2D eigenvalue weighted by atomic mass is 10.0. The number of benzene rings is 1. The highest BCUT2D eigenvalue weighted by atomic mass is 79.9. The Hall–Kier alpha value is -1.36. The van der Waals surface area contributed by atoms with Crippen molar-refractivity contribution in [1.82, 2.24) is 5.32 Å². The summed E-state index contributed by atoms with van der Waals surface area (Å²) in [6, 6.07) is 5.45. The Labute approximate surface area is 121 Å². The Morgan fingerprint density at radius 3 is 2.63 bits per heavy atom. The molecule has 0 bridgehead atoms. The fourth-order valence-electron chi connectivity index (χ4n) is 1.82. The molecule has 1 aromatic carbocycles. The van der Waals surface area contributed by atoms with Crippen LogP contribution in [0.5, 0.6) is 0 Å². The number of carboxylic acids is 1. The number of rotatable bonds is 6. The molecule has 1 rings (SSSR count). The second-order valence-electron chi connectivity index (χ2n) is 4.54. The van der Waals surface area contributed by atoms with Crippen molar-refractivity contribution in [2.45, 2.75) is 26.7 Å². The first kappa shape index (κ1) is 15.7. The normalized spacial score (nSPS) is 11.9. The van der Waals surface area contributed by atoms with E-state index in [9.17, 15) is 9.59 Å². The second-order valence-corrected chi connectivity index (χ2v) is 5.46. The van der Waals surface area contributed by atoms with Crippen LogP contribution in [0, 0.1) is 12.8 Å². The number of hydrogen-bond donors (Lipinski definition) is 2. The van der Waals surface area contributed by atoms with Gasteiger partial charge in [-0.3, -0.25) is 9.59 Å². The molecule has 1 amide bonds. The van der Waals surface area contributed by atoms with Crippen molar-refractivity contribution >= 4 is 27.8 Å². The summed E-state index contributed by atoms with van der Waals surface area (Å²) in [5.41, 5.74) is 1.51. The lowest BCUT2D eigenvalue weighted by Crippen LogP contribution is -2.30. The Morgan fingerprint density at radius 1 is 1.42 bits per heavy atom. The van der Waals surface area contributed by atoms with E-state index in [0.29, 0.717) is 12.1 Å². The number of carbonyl (C=O) groups is 2. The third-order valence-electron chi connectivity index (χ3n) is 3.03. The lowest BCUT2D eigenvalue weighted by Gasteiger charge is -2.14. The summed E-state index contributed by atoms with van der Waals surface area (Å²) in [5.74, 6) is -1.02. The van der Waals surface area contributed by atoms with Crippen LogP contribution in [0.1, 0.15) is 35.7 Å². The molecule has 1 atom stereocenters. The van der Waals surface area contributed by atoms with Crippen molar-refractivity contribution in [2.75, 3.05) is 6.54 Å². The van der Waals surface area contributed by atoms with E-state index in [2.05, 4.69) is 21.2 Å². The maximum Gasteiger partial charge on any atom is 0.303 e. The number of aliphatic carboxylic acids is 1. The van der Waals surface area contributed by atoms with E-state index in [1.165, 1.54) is 0 Å². The minimum Gasteiger partial charge on any atom is -0.481 e. The van der Waals surface area contributed by atoms with Crippen molar-refractivity contribution in [3.05, 3.63) is 33.8 Å². The first-order chi connectivity index (χ1) is 8.93. The van der Waals surface area contributed by atoms with Crippen LogP contribution < -0.4 is 5.32 Å². The molecule has 1 aromatic rings. The van der Waals surface area contributed by atoms with E-state index in [0.717, 1.165) is 16.5 Å². The molecular weight excluding hydrogens is 310 g/mol. The molecule has 5 heteroatoms. The molecule has 1 unspecified atom stereocenters. The number of aryl methyl sites for hydroxylation is 1. The molecular formula is C14H18BrNO3. The Bertz CT molecular complexity index is 474. The van der Waals surface area contributed by atoms with E-state index in [1.54, 1.807) is 6.07 Å². The molecule has 0 saturated heterocycles. The molecule has 0 aliphatic carbocycles. The zero-order valence-corrected chi connectivity index (χ0v) is 12.7. The topological polar surface area (TPSA) is 66.4 Å². The predicted molar refractivity (Wildman–Crippen MR) is 77.2 cm³/mol. The molecule has 0 aromatic heterocycles. The van der Waals surface area contributed by atoms with Crippen molar-refractivity contribution in [3.63, 3.8) is 0 Å². The van der Waals surface area contributed by atoms with Gasteiger partial charge in [0.2, 0.25) is 0 Å². The molecule has 0 saturated carbocycles. The Balaban J connectivity index is 2.61. The Morgan fingerprint density at radius 2 is 2.11 bits per heavy atom. The molecule has 0 spiro atoms. The third kappa shape index (κ3) is 5.03. The summed E-state index contributed by atoms with van der Waals surface area (Å²) in [6.07, 6.45) is 0.808. The number of carbonyl (C=O) groups excluding carboxylic acids is 1. The van der Waals surface area contributed by atoms with Gasteiger partial charge in [-0.2, -0.15) is 0 Å². The smallest absolute Gasteiger partial charge is 0.303 e. The monoisotopic (exact) mass is 327 g/mol. The average molecular weight is 328 g/mol. The van der Waals surface area contributed by atoms with Crippen molar-refractivity contribution in [3.8, 4) is 0 Å². The average Bonchev–Trinajstić information content (AvgIpc) is 2.33. The zero-order chi connectivity index (χ0) is 14.4. The van der Waals surface area contributed by atoms with Gasteiger partial charge < -0.3 is 10.4 Å².